The van der Waals surface area contributed by atoms with E-state index in [1.54, 1.807) is 12.1 Å². The van der Waals surface area contributed by atoms with Crippen LogP contribution in [-0.4, -0.2) is 82.4 Å². The molecule has 214 valence electrons. The van der Waals surface area contributed by atoms with E-state index in [9.17, 15) is 34.5 Å². The van der Waals surface area contributed by atoms with Gasteiger partial charge < -0.3 is 48.5 Å². The maximum Gasteiger partial charge on any atom is 0.326 e. The Morgan fingerprint density at radius 1 is 0.789 bits per heavy atom. The Bertz CT molecular complexity index is 897. The summed E-state index contributed by atoms with van der Waals surface area (Å²) < 4.78 is 0. The molecule has 1 rings (SSSR count). The van der Waals surface area contributed by atoms with E-state index in [2.05, 4.69) is 16.0 Å². The molecule has 0 aliphatic rings. The summed E-state index contributed by atoms with van der Waals surface area (Å²) in [5, 5.41) is 36.4. The summed E-state index contributed by atoms with van der Waals surface area (Å²) in [6.07, 6.45) is 1.37. The molecule has 0 aliphatic carbocycles. The highest BCUT2D eigenvalue weighted by molar-refractivity contribution is 5.94. The Kier molecular flexibility index (Phi) is 14.9. The van der Waals surface area contributed by atoms with Gasteiger partial charge >= 0.3 is 5.97 Å². The standard InChI is InChI=1S/C25H42N6O7/c1-15(32)21(28)24(36)31-20(14-16-8-10-17(33)11-9-16)23(35)29-18(6-2-4-12-26)22(34)30-19(25(37)38)7-3-5-13-27/h8-11,15,18-21,32-33H,2-7,12-14,26-28H2,1H3,(H,29,35)(H,30,34)(H,31,36)(H,37,38). The number of phenols is 1. The van der Waals surface area contributed by atoms with Gasteiger partial charge in [0.15, 0.2) is 0 Å². The number of carboxylic acid groups (broad SMARTS) is 1. The summed E-state index contributed by atoms with van der Waals surface area (Å²) in [6, 6.07) is 1.27. The maximum absolute atomic E-state index is 13.3. The number of nitrogens with one attached hydrogen (secondary N) is 3. The number of aliphatic carboxylic acids is 1. The average Bonchev–Trinajstić information content (AvgIpc) is 2.87. The molecule has 0 fully saturated rings. The number of aliphatic hydroxyl groups excluding tert-OH is 1. The van der Waals surface area contributed by atoms with E-state index in [1.807, 2.05) is 0 Å². The molecular formula is C25H42N6O7. The van der Waals surface area contributed by atoms with E-state index in [0.29, 0.717) is 44.3 Å². The minimum absolute atomic E-state index is 0.00163. The molecule has 1 aromatic rings. The van der Waals surface area contributed by atoms with Crippen LogP contribution in [0.25, 0.3) is 0 Å². The van der Waals surface area contributed by atoms with Crippen LogP contribution in [0.2, 0.25) is 0 Å². The number of hydrogen-bond donors (Lipinski definition) is 9. The number of amides is 3. The summed E-state index contributed by atoms with van der Waals surface area (Å²) in [6.45, 7) is 2.10. The minimum atomic E-state index is -1.29. The molecular weight excluding hydrogens is 496 g/mol. The van der Waals surface area contributed by atoms with Gasteiger partial charge in [0.1, 0.15) is 29.9 Å². The highest BCUT2D eigenvalue weighted by Crippen LogP contribution is 2.12. The number of aliphatic hydroxyl groups is 1. The molecule has 0 bridgehead atoms. The number of benzene rings is 1. The van der Waals surface area contributed by atoms with Gasteiger partial charge in [-0.3, -0.25) is 14.4 Å². The molecule has 0 aliphatic heterocycles. The van der Waals surface area contributed by atoms with E-state index in [0.717, 1.165) is 0 Å². The van der Waals surface area contributed by atoms with Gasteiger partial charge in [0.25, 0.3) is 0 Å². The van der Waals surface area contributed by atoms with Crippen LogP contribution in [0.1, 0.15) is 51.0 Å². The van der Waals surface area contributed by atoms with Crippen molar-refractivity contribution in [3.05, 3.63) is 29.8 Å². The molecule has 0 spiro atoms. The summed E-state index contributed by atoms with van der Waals surface area (Å²) in [5.41, 5.74) is 17.3. The van der Waals surface area contributed by atoms with Gasteiger partial charge in [-0.05, 0) is 76.2 Å². The van der Waals surface area contributed by atoms with E-state index in [1.165, 1.54) is 19.1 Å². The molecule has 0 aromatic heterocycles. The zero-order chi connectivity index (χ0) is 28.7. The number of unbranched alkanes of at least 4 members (excludes halogenated alkanes) is 2. The lowest BCUT2D eigenvalue weighted by atomic mass is 10.0. The predicted molar refractivity (Wildman–Crippen MR) is 141 cm³/mol. The maximum atomic E-state index is 13.3. The van der Waals surface area contributed by atoms with Gasteiger partial charge in [0.05, 0.1) is 6.10 Å². The Balaban J connectivity index is 3.11. The second-order valence-corrected chi connectivity index (χ2v) is 9.23. The quantitative estimate of drug-likeness (QED) is 0.0973. The molecule has 3 amide bonds. The Morgan fingerprint density at radius 2 is 1.26 bits per heavy atom. The van der Waals surface area contributed by atoms with Crippen LogP contribution < -0.4 is 33.2 Å². The van der Waals surface area contributed by atoms with Crippen LogP contribution in [0.4, 0.5) is 0 Å². The summed E-state index contributed by atoms with van der Waals surface area (Å²) >= 11 is 0. The van der Waals surface area contributed by atoms with Crippen molar-refractivity contribution in [2.75, 3.05) is 13.1 Å². The van der Waals surface area contributed by atoms with Crippen LogP contribution >= 0.6 is 0 Å². The van der Waals surface area contributed by atoms with Crippen molar-refractivity contribution in [1.29, 1.82) is 0 Å². The number of phenolic OH excluding ortho intramolecular Hbond substituents is 1. The number of carbonyl (C=O) groups excluding carboxylic acids is 3. The van der Waals surface area contributed by atoms with Crippen LogP contribution in [-0.2, 0) is 25.6 Å². The third-order valence-corrected chi connectivity index (χ3v) is 5.97. The molecule has 5 unspecified atom stereocenters. The van der Waals surface area contributed by atoms with Crippen LogP contribution in [0.3, 0.4) is 0 Å². The molecule has 12 N–H and O–H groups in total. The first-order valence-corrected chi connectivity index (χ1v) is 12.8. The van der Waals surface area contributed by atoms with Gasteiger partial charge in [-0.15, -0.1) is 0 Å². The van der Waals surface area contributed by atoms with Gasteiger partial charge in [-0.1, -0.05) is 12.1 Å². The zero-order valence-electron chi connectivity index (χ0n) is 21.8. The number of rotatable bonds is 18. The van der Waals surface area contributed by atoms with Crippen LogP contribution in [0.5, 0.6) is 5.75 Å². The van der Waals surface area contributed by atoms with Crippen molar-refractivity contribution in [1.82, 2.24) is 16.0 Å². The SMILES string of the molecule is CC(O)C(N)C(=O)NC(Cc1ccc(O)cc1)C(=O)NC(CCCCN)C(=O)NC(CCCCN)C(=O)O. The van der Waals surface area contributed by atoms with Crippen molar-refractivity contribution >= 4 is 23.7 Å². The molecule has 0 saturated carbocycles. The Labute approximate surface area is 222 Å². The van der Waals surface area contributed by atoms with Crippen molar-refractivity contribution in [3.63, 3.8) is 0 Å². The fraction of sp³-hybridized carbons (Fsp3) is 0.600. The minimum Gasteiger partial charge on any atom is -0.508 e. The van der Waals surface area contributed by atoms with Crippen molar-refractivity contribution < 1.29 is 34.5 Å². The normalized spacial score (nSPS) is 15.0. The van der Waals surface area contributed by atoms with E-state index >= 15 is 0 Å². The molecule has 0 heterocycles. The molecule has 13 heteroatoms. The lowest BCUT2D eigenvalue weighted by Crippen LogP contribution is -2.58. The van der Waals surface area contributed by atoms with Gasteiger partial charge in [0, 0.05) is 6.42 Å². The zero-order valence-corrected chi connectivity index (χ0v) is 21.8. The largest absolute Gasteiger partial charge is 0.508 e. The summed E-state index contributed by atoms with van der Waals surface area (Å²) in [4.78, 5) is 50.6. The molecule has 0 radical (unpaired) electrons. The first-order chi connectivity index (χ1) is 18.0. The highest BCUT2D eigenvalue weighted by atomic mass is 16.4. The van der Waals surface area contributed by atoms with Crippen molar-refractivity contribution in [2.24, 2.45) is 17.2 Å². The van der Waals surface area contributed by atoms with Gasteiger partial charge in [-0.25, -0.2) is 4.79 Å². The lowest BCUT2D eigenvalue weighted by Gasteiger charge is -2.26. The fourth-order valence-corrected chi connectivity index (χ4v) is 3.62. The monoisotopic (exact) mass is 538 g/mol. The number of nitrogens with two attached hydrogens (primary N) is 3. The van der Waals surface area contributed by atoms with E-state index < -0.39 is 54.0 Å². The Morgan fingerprint density at radius 3 is 1.76 bits per heavy atom. The molecule has 13 nitrogen and oxygen atoms in total. The van der Waals surface area contributed by atoms with Crippen molar-refractivity contribution in [3.8, 4) is 5.75 Å². The third kappa shape index (κ3) is 11.9. The third-order valence-electron chi connectivity index (χ3n) is 5.97. The van der Waals surface area contributed by atoms with Crippen LogP contribution in [0.15, 0.2) is 24.3 Å². The number of hydrogen-bond acceptors (Lipinski definition) is 9. The molecule has 1 aromatic carbocycles. The lowest BCUT2D eigenvalue weighted by molar-refractivity contribution is -0.142. The summed E-state index contributed by atoms with van der Waals surface area (Å²) in [7, 11) is 0. The van der Waals surface area contributed by atoms with Crippen molar-refractivity contribution in [2.45, 2.75) is 82.1 Å². The van der Waals surface area contributed by atoms with Crippen LogP contribution in [0, 0.1) is 0 Å². The molecule has 38 heavy (non-hydrogen) atoms. The topological polar surface area (TPSA) is 243 Å². The van der Waals surface area contributed by atoms with Gasteiger partial charge in [-0.2, -0.15) is 0 Å². The molecule has 0 saturated heterocycles. The first-order valence-electron chi connectivity index (χ1n) is 12.8. The second-order valence-electron chi connectivity index (χ2n) is 9.23. The number of aromatic hydroxyl groups is 1. The van der Waals surface area contributed by atoms with E-state index in [4.69, 9.17) is 17.2 Å². The smallest absolute Gasteiger partial charge is 0.326 e. The predicted octanol–water partition coefficient (Wildman–Crippen LogP) is -1.56. The van der Waals surface area contributed by atoms with Gasteiger partial charge in [0.2, 0.25) is 17.7 Å². The summed E-state index contributed by atoms with van der Waals surface area (Å²) in [5.74, 6) is -3.33. The second kappa shape index (κ2) is 17.3. The fourth-order valence-electron chi connectivity index (χ4n) is 3.62. The average molecular weight is 539 g/mol. The Hall–Kier alpha value is -3.26. The number of carbonyl (C=O) groups is 4. The number of carboxylic acids is 1. The highest BCUT2D eigenvalue weighted by Gasteiger charge is 2.31. The first kappa shape index (κ1) is 32.8. The van der Waals surface area contributed by atoms with E-state index in [-0.39, 0.29) is 25.0 Å². The molecule has 5 atom stereocenters.